The lowest BCUT2D eigenvalue weighted by Gasteiger charge is -1.89. The Bertz CT molecular complexity index is 271. The standard InChI is InChI=1S/C7H8BrNO3/c1-11-7(10)5-4-12-6(9-5)2-3-8/h4H,2-3H2,1H3. The average molecular weight is 234 g/mol. The van der Waals surface area contributed by atoms with Crippen molar-refractivity contribution in [3.63, 3.8) is 0 Å². The summed E-state index contributed by atoms with van der Waals surface area (Å²) in [5, 5.41) is 0.758. The van der Waals surface area contributed by atoms with Crippen LogP contribution in [0.5, 0.6) is 0 Å². The molecule has 0 atom stereocenters. The van der Waals surface area contributed by atoms with Crippen molar-refractivity contribution in [1.29, 1.82) is 0 Å². The molecule has 0 amide bonds. The largest absolute Gasteiger partial charge is 0.464 e. The van der Waals surface area contributed by atoms with Gasteiger partial charge in [-0.3, -0.25) is 0 Å². The first kappa shape index (κ1) is 9.25. The van der Waals surface area contributed by atoms with E-state index < -0.39 is 5.97 Å². The van der Waals surface area contributed by atoms with Gasteiger partial charge in [-0.1, -0.05) is 15.9 Å². The van der Waals surface area contributed by atoms with Crippen LogP contribution in [0.15, 0.2) is 10.7 Å². The van der Waals surface area contributed by atoms with Crippen molar-refractivity contribution < 1.29 is 13.9 Å². The minimum absolute atomic E-state index is 0.216. The van der Waals surface area contributed by atoms with E-state index in [0.717, 1.165) is 5.33 Å². The molecular weight excluding hydrogens is 226 g/mol. The molecule has 1 heterocycles. The van der Waals surface area contributed by atoms with Crippen LogP contribution in [0.4, 0.5) is 0 Å². The first-order valence-electron chi connectivity index (χ1n) is 3.36. The van der Waals surface area contributed by atoms with Gasteiger partial charge in [0, 0.05) is 11.8 Å². The van der Waals surface area contributed by atoms with Crippen molar-refractivity contribution in [1.82, 2.24) is 4.98 Å². The third-order valence-electron chi connectivity index (χ3n) is 1.25. The highest BCUT2D eigenvalue weighted by molar-refractivity contribution is 9.09. The van der Waals surface area contributed by atoms with E-state index in [4.69, 9.17) is 4.42 Å². The maximum atomic E-state index is 10.9. The van der Waals surface area contributed by atoms with E-state index in [1.807, 2.05) is 0 Å². The molecule has 66 valence electrons. The molecule has 0 saturated carbocycles. The summed E-state index contributed by atoms with van der Waals surface area (Å²) in [7, 11) is 1.31. The van der Waals surface area contributed by atoms with E-state index in [1.54, 1.807) is 0 Å². The second kappa shape index (κ2) is 4.25. The Hall–Kier alpha value is -0.840. The predicted octanol–water partition coefficient (Wildman–Crippen LogP) is 1.40. The molecule has 0 bridgehead atoms. The van der Waals surface area contributed by atoms with Crippen LogP contribution in [0.25, 0.3) is 0 Å². The van der Waals surface area contributed by atoms with Crippen molar-refractivity contribution in [2.24, 2.45) is 0 Å². The second-order valence-corrected chi connectivity index (χ2v) is 2.85. The van der Waals surface area contributed by atoms with Crippen LogP contribution < -0.4 is 0 Å². The number of alkyl halides is 1. The van der Waals surface area contributed by atoms with Crippen molar-refractivity contribution in [3.8, 4) is 0 Å². The molecule has 1 rings (SSSR count). The highest BCUT2D eigenvalue weighted by atomic mass is 79.9. The fraction of sp³-hybridized carbons (Fsp3) is 0.429. The summed E-state index contributed by atoms with van der Waals surface area (Å²) in [6.45, 7) is 0. The maximum absolute atomic E-state index is 10.9. The molecule has 0 N–H and O–H groups in total. The molecule has 0 aliphatic heterocycles. The molecule has 12 heavy (non-hydrogen) atoms. The third-order valence-corrected chi connectivity index (χ3v) is 1.65. The van der Waals surface area contributed by atoms with Crippen molar-refractivity contribution in [3.05, 3.63) is 17.8 Å². The predicted molar refractivity (Wildman–Crippen MR) is 45.3 cm³/mol. The monoisotopic (exact) mass is 233 g/mol. The number of aryl methyl sites for hydroxylation is 1. The van der Waals surface area contributed by atoms with E-state index in [9.17, 15) is 4.79 Å². The Morgan fingerprint density at radius 2 is 2.58 bits per heavy atom. The van der Waals surface area contributed by atoms with Crippen LogP contribution >= 0.6 is 15.9 Å². The number of esters is 1. The number of carbonyl (C=O) groups is 1. The first-order valence-corrected chi connectivity index (χ1v) is 4.48. The number of nitrogens with zero attached hydrogens (tertiary/aromatic N) is 1. The summed E-state index contributed by atoms with van der Waals surface area (Å²) in [5.41, 5.74) is 0.216. The molecule has 0 aliphatic carbocycles. The summed E-state index contributed by atoms with van der Waals surface area (Å²) in [5.74, 6) is 0.0619. The van der Waals surface area contributed by atoms with Gasteiger partial charge in [0.2, 0.25) is 0 Å². The molecule has 0 unspecified atom stereocenters. The summed E-state index contributed by atoms with van der Waals surface area (Å²) in [6, 6.07) is 0. The second-order valence-electron chi connectivity index (χ2n) is 2.06. The molecule has 1 aromatic heterocycles. The van der Waals surface area contributed by atoms with Gasteiger partial charge in [-0.15, -0.1) is 0 Å². The molecule has 0 aromatic carbocycles. The molecule has 0 spiro atoms. The van der Waals surface area contributed by atoms with Gasteiger partial charge in [0.05, 0.1) is 7.11 Å². The van der Waals surface area contributed by atoms with Crippen LogP contribution in [0.1, 0.15) is 16.4 Å². The van der Waals surface area contributed by atoms with Crippen LogP contribution in [-0.2, 0) is 11.2 Å². The van der Waals surface area contributed by atoms with Crippen molar-refractivity contribution in [2.45, 2.75) is 6.42 Å². The first-order chi connectivity index (χ1) is 5.77. The van der Waals surface area contributed by atoms with Gasteiger partial charge in [-0.2, -0.15) is 0 Å². The highest BCUT2D eigenvalue weighted by Crippen LogP contribution is 2.04. The fourth-order valence-electron chi connectivity index (χ4n) is 0.705. The van der Waals surface area contributed by atoms with Gasteiger partial charge >= 0.3 is 5.97 Å². The topological polar surface area (TPSA) is 52.3 Å². The molecule has 0 radical (unpaired) electrons. The summed E-state index contributed by atoms with van der Waals surface area (Å²) < 4.78 is 9.44. The molecule has 5 heteroatoms. The van der Waals surface area contributed by atoms with E-state index in [-0.39, 0.29) is 5.69 Å². The molecule has 1 aromatic rings. The number of methoxy groups -OCH3 is 1. The normalized spacial score (nSPS) is 9.83. The summed E-state index contributed by atoms with van der Waals surface area (Å²) in [6.07, 6.45) is 1.96. The van der Waals surface area contributed by atoms with Crippen LogP contribution in [0.2, 0.25) is 0 Å². The van der Waals surface area contributed by atoms with Gasteiger partial charge in [-0.05, 0) is 0 Å². The highest BCUT2D eigenvalue weighted by Gasteiger charge is 2.11. The fourth-order valence-corrected chi connectivity index (χ4v) is 1.04. The Morgan fingerprint density at radius 3 is 3.17 bits per heavy atom. The van der Waals surface area contributed by atoms with Crippen molar-refractivity contribution >= 4 is 21.9 Å². The molecule has 0 aliphatic rings. The zero-order chi connectivity index (χ0) is 8.97. The number of aromatic nitrogens is 1. The number of rotatable bonds is 3. The van der Waals surface area contributed by atoms with E-state index >= 15 is 0 Å². The van der Waals surface area contributed by atoms with Gasteiger partial charge in [-0.25, -0.2) is 9.78 Å². The Kier molecular flexibility index (Phi) is 3.28. The number of oxazole rings is 1. The Labute approximate surface area is 78.0 Å². The number of carbonyl (C=O) groups excluding carboxylic acids is 1. The van der Waals surface area contributed by atoms with E-state index in [0.29, 0.717) is 12.3 Å². The lowest BCUT2D eigenvalue weighted by atomic mass is 10.5. The zero-order valence-electron chi connectivity index (χ0n) is 6.54. The molecule has 0 fully saturated rings. The average Bonchev–Trinajstić information content (AvgIpc) is 2.52. The van der Waals surface area contributed by atoms with Gasteiger partial charge in [0.1, 0.15) is 6.26 Å². The Morgan fingerprint density at radius 1 is 1.83 bits per heavy atom. The van der Waals surface area contributed by atoms with Gasteiger partial charge < -0.3 is 9.15 Å². The minimum atomic E-state index is -0.473. The smallest absolute Gasteiger partial charge is 0.360 e. The molecule has 0 saturated heterocycles. The van der Waals surface area contributed by atoms with Crippen LogP contribution in [-0.4, -0.2) is 23.4 Å². The van der Waals surface area contributed by atoms with Gasteiger partial charge in [0.25, 0.3) is 0 Å². The summed E-state index contributed by atoms with van der Waals surface area (Å²) in [4.78, 5) is 14.8. The van der Waals surface area contributed by atoms with Gasteiger partial charge in [0.15, 0.2) is 11.6 Å². The number of hydrogen-bond acceptors (Lipinski definition) is 4. The van der Waals surface area contributed by atoms with E-state index in [2.05, 4.69) is 25.7 Å². The Balaban J connectivity index is 2.70. The molecule has 4 nitrogen and oxygen atoms in total. The lowest BCUT2D eigenvalue weighted by Crippen LogP contribution is -2.01. The number of ether oxygens (including phenoxy) is 1. The van der Waals surface area contributed by atoms with E-state index in [1.165, 1.54) is 13.4 Å². The maximum Gasteiger partial charge on any atom is 0.360 e. The number of hydrogen-bond donors (Lipinski definition) is 0. The molecular formula is C7H8BrNO3. The minimum Gasteiger partial charge on any atom is -0.464 e. The number of halogens is 1. The quantitative estimate of drug-likeness (QED) is 0.585. The summed E-state index contributed by atoms with van der Waals surface area (Å²) >= 11 is 3.23. The lowest BCUT2D eigenvalue weighted by molar-refractivity contribution is 0.0594. The third kappa shape index (κ3) is 2.07. The SMILES string of the molecule is COC(=O)c1coc(CCBr)n1. The zero-order valence-corrected chi connectivity index (χ0v) is 8.13. The van der Waals surface area contributed by atoms with Crippen molar-refractivity contribution in [2.75, 3.05) is 12.4 Å². The van der Waals surface area contributed by atoms with Crippen LogP contribution in [0, 0.1) is 0 Å². The van der Waals surface area contributed by atoms with Crippen LogP contribution in [0.3, 0.4) is 0 Å².